The van der Waals surface area contributed by atoms with Gasteiger partial charge in [0.25, 0.3) is 6.47 Å². The Kier molecular flexibility index (Phi) is 13.7. The normalized spacial score (nSPS) is 7.67. The molecule has 0 atom stereocenters. The van der Waals surface area contributed by atoms with E-state index in [0.717, 1.165) is 12.8 Å². The summed E-state index contributed by atoms with van der Waals surface area (Å²) in [6.07, 6.45) is 3.31. The summed E-state index contributed by atoms with van der Waals surface area (Å²) >= 11 is 0. The zero-order valence-corrected chi connectivity index (χ0v) is 6.45. The van der Waals surface area contributed by atoms with Gasteiger partial charge in [0, 0.05) is 0 Å². The lowest BCUT2D eigenvalue weighted by molar-refractivity contribution is -0.128. The summed E-state index contributed by atoms with van der Waals surface area (Å²) in [6.45, 7) is 3.19. The van der Waals surface area contributed by atoms with Crippen LogP contribution in [0.4, 0.5) is 0 Å². The molecule has 9 heavy (non-hydrogen) atoms. The number of unbranched alkanes of at least 4 members (excludes halogenated alkanes) is 2. The maximum absolute atomic E-state index is 9.55. The summed E-state index contributed by atoms with van der Waals surface area (Å²) < 4.78 is 4.46. The molecule has 0 radical (unpaired) electrons. The first-order valence-electron chi connectivity index (χ1n) is 2.97. The van der Waals surface area contributed by atoms with Crippen LogP contribution in [-0.4, -0.2) is 13.1 Å². The highest BCUT2D eigenvalue weighted by molar-refractivity contribution is 5.85. The lowest BCUT2D eigenvalue weighted by Gasteiger charge is -1.93. The molecule has 0 aromatic rings. The lowest BCUT2D eigenvalue weighted by Crippen LogP contribution is -1.89. The predicted molar refractivity (Wildman–Crippen MR) is 38.8 cm³/mol. The van der Waals surface area contributed by atoms with E-state index in [9.17, 15) is 4.79 Å². The molecule has 0 spiro atoms. The number of ether oxygens (including phenoxy) is 1. The molecular weight excluding hydrogens is 140 g/mol. The van der Waals surface area contributed by atoms with Gasteiger partial charge < -0.3 is 4.74 Å². The van der Waals surface area contributed by atoms with Crippen molar-refractivity contribution in [3.63, 3.8) is 0 Å². The maximum atomic E-state index is 9.55. The van der Waals surface area contributed by atoms with E-state index >= 15 is 0 Å². The Hall–Kier alpha value is -0.240. The summed E-state index contributed by atoms with van der Waals surface area (Å²) in [4.78, 5) is 9.55. The monoisotopic (exact) mass is 152 g/mol. The Bertz CT molecular complexity index is 57.0. The third-order valence-electron chi connectivity index (χ3n) is 0.934. The second-order valence-corrected chi connectivity index (χ2v) is 1.67. The molecule has 0 N–H and O–H groups in total. The van der Waals surface area contributed by atoms with Crippen molar-refractivity contribution in [2.45, 2.75) is 26.2 Å². The van der Waals surface area contributed by atoms with Crippen LogP contribution in [0, 0.1) is 0 Å². The van der Waals surface area contributed by atoms with Crippen LogP contribution in [0.5, 0.6) is 0 Å². The second kappa shape index (κ2) is 10.7. The standard InChI is InChI=1S/C6H12O2.ClH/c1-2-3-4-5-8-6-7;/h6H,2-5H2,1H3;1H. The fourth-order valence-electron chi connectivity index (χ4n) is 0.484. The molecule has 0 aliphatic rings. The van der Waals surface area contributed by atoms with E-state index in [1.165, 1.54) is 6.42 Å². The minimum absolute atomic E-state index is 0. The predicted octanol–water partition coefficient (Wildman–Crippen LogP) is 1.77. The SMILES string of the molecule is CCCCCOC=O.Cl. The van der Waals surface area contributed by atoms with Gasteiger partial charge in [-0.05, 0) is 6.42 Å². The Balaban J connectivity index is 0. The molecular formula is C6H13ClO2. The molecule has 0 aromatic heterocycles. The smallest absolute Gasteiger partial charge is 0.293 e. The van der Waals surface area contributed by atoms with Gasteiger partial charge in [0.15, 0.2) is 0 Å². The van der Waals surface area contributed by atoms with Crippen LogP contribution in [0.1, 0.15) is 26.2 Å². The Morgan fingerprint density at radius 2 is 2.11 bits per heavy atom. The van der Waals surface area contributed by atoms with Crippen molar-refractivity contribution in [1.82, 2.24) is 0 Å². The molecule has 0 rings (SSSR count). The molecule has 0 saturated carbocycles. The van der Waals surface area contributed by atoms with Crippen LogP contribution in [-0.2, 0) is 9.53 Å². The fourth-order valence-corrected chi connectivity index (χ4v) is 0.484. The molecule has 0 heterocycles. The van der Waals surface area contributed by atoms with Crippen molar-refractivity contribution in [3.05, 3.63) is 0 Å². The minimum Gasteiger partial charge on any atom is -0.468 e. The van der Waals surface area contributed by atoms with Crippen molar-refractivity contribution in [3.8, 4) is 0 Å². The summed E-state index contributed by atoms with van der Waals surface area (Å²) in [5, 5.41) is 0. The van der Waals surface area contributed by atoms with Gasteiger partial charge in [-0.25, -0.2) is 0 Å². The molecule has 0 aromatic carbocycles. The topological polar surface area (TPSA) is 26.3 Å². The number of carbonyl (C=O) groups excluding carboxylic acids is 1. The molecule has 0 unspecified atom stereocenters. The van der Waals surface area contributed by atoms with Gasteiger partial charge in [-0.1, -0.05) is 19.8 Å². The summed E-state index contributed by atoms with van der Waals surface area (Å²) in [5.74, 6) is 0. The lowest BCUT2D eigenvalue weighted by atomic mass is 10.3. The first-order chi connectivity index (χ1) is 3.91. The van der Waals surface area contributed by atoms with Crippen LogP contribution < -0.4 is 0 Å². The average Bonchev–Trinajstić information content (AvgIpc) is 1.81. The van der Waals surface area contributed by atoms with Crippen molar-refractivity contribution < 1.29 is 9.53 Å². The van der Waals surface area contributed by atoms with E-state index in [1.54, 1.807) is 0 Å². The molecule has 0 saturated heterocycles. The molecule has 0 amide bonds. The Morgan fingerprint density at radius 1 is 1.44 bits per heavy atom. The highest BCUT2D eigenvalue weighted by atomic mass is 35.5. The third-order valence-corrected chi connectivity index (χ3v) is 0.934. The Labute approximate surface area is 62.0 Å². The quantitative estimate of drug-likeness (QED) is 0.444. The van der Waals surface area contributed by atoms with Crippen LogP contribution in [0.15, 0.2) is 0 Å². The van der Waals surface area contributed by atoms with Crippen molar-refractivity contribution >= 4 is 18.9 Å². The number of hydrogen-bond donors (Lipinski definition) is 0. The molecule has 2 nitrogen and oxygen atoms in total. The van der Waals surface area contributed by atoms with Crippen LogP contribution in [0.25, 0.3) is 0 Å². The van der Waals surface area contributed by atoms with Crippen molar-refractivity contribution in [2.24, 2.45) is 0 Å². The molecule has 3 heteroatoms. The molecule has 0 fully saturated rings. The minimum atomic E-state index is 0. The fraction of sp³-hybridized carbons (Fsp3) is 0.833. The first-order valence-corrected chi connectivity index (χ1v) is 2.97. The van der Waals surface area contributed by atoms with Gasteiger partial charge >= 0.3 is 0 Å². The molecule has 56 valence electrons. The second-order valence-electron chi connectivity index (χ2n) is 1.67. The van der Waals surface area contributed by atoms with Gasteiger partial charge in [-0.15, -0.1) is 12.4 Å². The largest absolute Gasteiger partial charge is 0.468 e. The van der Waals surface area contributed by atoms with E-state index in [1.807, 2.05) is 0 Å². The number of halogens is 1. The average molecular weight is 153 g/mol. The summed E-state index contributed by atoms with van der Waals surface area (Å²) in [6, 6.07) is 0. The van der Waals surface area contributed by atoms with Crippen molar-refractivity contribution in [2.75, 3.05) is 6.61 Å². The van der Waals surface area contributed by atoms with E-state index in [4.69, 9.17) is 0 Å². The van der Waals surface area contributed by atoms with Gasteiger partial charge in [0.1, 0.15) is 0 Å². The summed E-state index contributed by atoms with van der Waals surface area (Å²) in [5.41, 5.74) is 0. The number of carbonyl (C=O) groups is 1. The highest BCUT2D eigenvalue weighted by Crippen LogP contribution is 1.91. The molecule has 0 bridgehead atoms. The molecule has 0 aliphatic carbocycles. The third kappa shape index (κ3) is 11.4. The highest BCUT2D eigenvalue weighted by Gasteiger charge is 1.82. The van der Waals surface area contributed by atoms with E-state index < -0.39 is 0 Å². The molecule has 0 aliphatic heterocycles. The zero-order chi connectivity index (χ0) is 6.24. The Morgan fingerprint density at radius 3 is 2.56 bits per heavy atom. The van der Waals surface area contributed by atoms with Crippen molar-refractivity contribution in [1.29, 1.82) is 0 Å². The van der Waals surface area contributed by atoms with Crippen LogP contribution in [0.2, 0.25) is 0 Å². The van der Waals surface area contributed by atoms with Crippen LogP contribution >= 0.6 is 12.4 Å². The van der Waals surface area contributed by atoms with Gasteiger partial charge in [-0.3, -0.25) is 4.79 Å². The summed E-state index contributed by atoms with van der Waals surface area (Å²) in [7, 11) is 0. The van der Waals surface area contributed by atoms with Crippen LogP contribution in [0.3, 0.4) is 0 Å². The van der Waals surface area contributed by atoms with Gasteiger partial charge in [0.2, 0.25) is 0 Å². The van der Waals surface area contributed by atoms with Gasteiger partial charge in [0.05, 0.1) is 6.61 Å². The van der Waals surface area contributed by atoms with E-state index in [-0.39, 0.29) is 12.4 Å². The maximum Gasteiger partial charge on any atom is 0.293 e. The van der Waals surface area contributed by atoms with E-state index in [0.29, 0.717) is 13.1 Å². The van der Waals surface area contributed by atoms with E-state index in [2.05, 4.69) is 11.7 Å². The zero-order valence-electron chi connectivity index (χ0n) is 5.63. The first kappa shape index (κ1) is 11.5. The number of rotatable bonds is 5. The number of hydrogen-bond acceptors (Lipinski definition) is 2. The van der Waals surface area contributed by atoms with Gasteiger partial charge in [-0.2, -0.15) is 0 Å².